The molecule has 0 fully saturated rings. The van der Waals surface area contributed by atoms with Gasteiger partial charge in [0.15, 0.2) is 0 Å². The molecule has 1 heterocycles. The first kappa shape index (κ1) is 15.1. The number of rotatable bonds is 6. The largest absolute Gasteiger partial charge is 0.480 e. The Morgan fingerprint density at radius 1 is 1.37 bits per heavy atom. The van der Waals surface area contributed by atoms with Crippen LogP contribution in [0.1, 0.15) is 62.9 Å². The lowest BCUT2D eigenvalue weighted by Crippen LogP contribution is -2.53. The van der Waals surface area contributed by atoms with Crippen molar-refractivity contribution in [2.45, 2.75) is 52.0 Å². The highest BCUT2D eigenvalue weighted by molar-refractivity contribution is 5.95. The molecule has 0 radical (unpaired) electrons. The van der Waals surface area contributed by atoms with Gasteiger partial charge in [-0.05, 0) is 12.8 Å². The first-order chi connectivity index (χ1) is 8.86. The van der Waals surface area contributed by atoms with Crippen LogP contribution in [0.4, 0.5) is 0 Å². The van der Waals surface area contributed by atoms with E-state index in [-0.39, 0.29) is 11.7 Å². The molecule has 0 aromatic carbocycles. The molecule has 1 aromatic heterocycles. The van der Waals surface area contributed by atoms with Gasteiger partial charge >= 0.3 is 5.97 Å². The maximum atomic E-state index is 12.0. The molecule has 7 nitrogen and oxygen atoms in total. The molecule has 3 N–H and O–H groups in total. The van der Waals surface area contributed by atoms with Crippen LogP contribution in [-0.2, 0) is 4.79 Å². The Kier molecular flexibility index (Phi) is 4.63. The summed E-state index contributed by atoms with van der Waals surface area (Å²) in [6.07, 6.45) is 0.595. The normalized spacial score (nSPS) is 11.6. The number of nitrogens with zero attached hydrogens (tertiary/aromatic N) is 2. The van der Waals surface area contributed by atoms with Crippen LogP contribution in [0.25, 0.3) is 0 Å². The molecule has 0 saturated carbocycles. The summed E-state index contributed by atoms with van der Waals surface area (Å²) < 4.78 is 0. The zero-order valence-corrected chi connectivity index (χ0v) is 11.6. The summed E-state index contributed by atoms with van der Waals surface area (Å²) in [4.78, 5) is 27.3. The number of carboxylic acids is 1. The molecule has 0 aliphatic rings. The molecule has 0 unspecified atom stereocenters. The van der Waals surface area contributed by atoms with Crippen molar-refractivity contribution in [1.29, 1.82) is 0 Å². The summed E-state index contributed by atoms with van der Waals surface area (Å²) >= 11 is 0. The lowest BCUT2D eigenvalue weighted by molar-refractivity contribution is -0.144. The fourth-order valence-corrected chi connectivity index (χ4v) is 1.69. The lowest BCUT2D eigenvalue weighted by atomic mass is 9.93. The standard InChI is InChI=1S/C12H20N4O3/c1-5-12(6-2,11(18)19)14-10(17)9-13-8(7(3)4)15-16-9/h7H,5-6H2,1-4H3,(H,14,17)(H,18,19)(H,13,15,16). The number of hydrogen-bond acceptors (Lipinski definition) is 4. The number of hydrogen-bond donors (Lipinski definition) is 3. The topological polar surface area (TPSA) is 108 Å². The van der Waals surface area contributed by atoms with Gasteiger partial charge in [0.25, 0.3) is 5.91 Å². The Morgan fingerprint density at radius 3 is 2.32 bits per heavy atom. The van der Waals surface area contributed by atoms with Crippen LogP contribution < -0.4 is 5.32 Å². The first-order valence-electron chi connectivity index (χ1n) is 6.34. The molecule has 0 saturated heterocycles. The van der Waals surface area contributed by atoms with Crippen molar-refractivity contribution in [2.24, 2.45) is 0 Å². The molecule has 0 aliphatic heterocycles. The van der Waals surface area contributed by atoms with Crippen molar-refractivity contribution in [1.82, 2.24) is 20.5 Å². The van der Waals surface area contributed by atoms with Crippen molar-refractivity contribution < 1.29 is 14.7 Å². The number of carbonyl (C=O) groups is 2. The SMILES string of the molecule is CCC(CC)(NC(=O)c1n[nH]c(C(C)C)n1)C(=O)O. The number of carboxylic acid groups (broad SMARTS) is 1. The van der Waals surface area contributed by atoms with E-state index in [1.165, 1.54) is 0 Å². The van der Waals surface area contributed by atoms with Gasteiger partial charge in [0.1, 0.15) is 11.4 Å². The monoisotopic (exact) mass is 268 g/mol. The second kappa shape index (κ2) is 5.81. The van der Waals surface area contributed by atoms with Crippen molar-refractivity contribution in [2.75, 3.05) is 0 Å². The van der Waals surface area contributed by atoms with Crippen molar-refractivity contribution in [3.05, 3.63) is 11.6 Å². The minimum atomic E-state index is -1.27. The van der Waals surface area contributed by atoms with Gasteiger partial charge in [-0.15, -0.1) is 5.10 Å². The van der Waals surface area contributed by atoms with Crippen molar-refractivity contribution in [3.8, 4) is 0 Å². The fourth-order valence-electron chi connectivity index (χ4n) is 1.69. The maximum Gasteiger partial charge on any atom is 0.329 e. The maximum absolute atomic E-state index is 12.0. The Balaban J connectivity index is 2.91. The highest BCUT2D eigenvalue weighted by Crippen LogP contribution is 2.16. The molecule has 1 amide bonds. The van der Waals surface area contributed by atoms with E-state index in [0.29, 0.717) is 18.7 Å². The first-order valence-corrected chi connectivity index (χ1v) is 6.34. The van der Waals surface area contributed by atoms with Gasteiger partial charge in [-0.3, -0.25) is 9.89 Å². The third-order valence-corrected chi connectivity index (χ3v) is 3.22. The van der Waals surface area contributed by atoms with Crippen LogP contribution in [0.5, 0.6) is 0 Å². The average Bonchev–Trinajstić information content (AvgIpc) is 2.85. The van der Waals surface area contributed by atoms with Crippen LogP contribution in [-0.4, -0.2) is 37.7 Å². The number of amides is 1. The van der Waals surface area contributed by atoms with E-state index in [9.17, 15) is 14.7 Å². The van der Waals surface area contributed by atoms with Gasteiger partial charge in [0.05, 0.1) is 0 Å². The summed E-state index contributed by atoms with van der Waals surface area (Å²) in [7, 11) is 0. The number of aliphatic carboxylic acids is 1. The molecule has 106 valence electrons. The summed E-state index contributed by atoms with van der Waals surface area (Å²) in [5.74, 6) is -0.939. The summed E-state index contributed by atoms with van der Waals surface area (Å²) in [6, 6.07) is 0. The van der Waals surface area contributed by atoms with Gasteiger partial charge in [-0.2, -0.15) is 0 Å². The van der Waals surface area contributed by atoms with Gasteiger partial charge in [0, 0.05) is 5.92 Å². The Labute approximate surface area is 111 Å². The second-order valence-corrected chi connectivity index (χ2v) is 4.75. The zero-order valence-electron chi connectivity index (χ0n) is 11.6. The highest BCUT2D eigenvalue weighted by atomic mass is 16.4. The molecule has 0 bridgehead atoms. The minimum absolute atomic E-state index is 0.0313. The molecule has 0 aliphatic carbocycles. The molecule has 0 atom stereocenters. The quantitative estimate of drug-likeness (QED) is 0.720. The molecule has 19 heavy (non-hydrogen) atoms. The summed E-state index contributed by atoms with van der Waals surface area (Å²) in [5, 5.41) is 18.2. The van der Waals surface area contributed by atoms with Gasteiger partial charge in [0.2, 0.25) is 5.82 Å². The molecule has 1 rings (SSSR count). The number of aromatic amines is 1. The van der Waals surface area contributed by atoms with E-state index in [4.69, 9.17) is 0 Å². The predicted molar refractivity (Wildman–Crippen MR) is 68.9 cm³/mol. The van der Waals surface area contributed by atoms with Crippen molar-refractivity contribution in [3.63, 3.8) is 0 Å². The predicted octanol–water partition coefficient (Wildman–Crippen LogP) is 1.30. The Morgan fingerprint density at radius 2 is 1.95 bits per heavy atom. The van der Waals surface area contributed by atoms with Gasteiger partial charge in [-0.25, -0.2) is 9.78 Å². The fraction of sp³-hybridized carbons (Fsp3) is 0.667. The van der Waals surface area contributed by atoms with E-state index >= 15 is 0 Å². The second-order valence-electron chi connectivity index (χ2n) is 4.75. The van der Waals surface area contributed by atoms with Gasteiger partial charge in [-0.1, -0.05) is 27.7 Å². The van der Waals surface area contributed by atoms with E-state index in [2.05, 4.69) is 20.5 Å². The average molecular weight is 268 g/mol. The van der Waals surface area contributed by atoms with Crippen LogP contribution in [0, 0.1) is 0 Å². The Hall–Kier alpha value is -1.92. The van der Waals surface area contributed by atoms with Gasteiger partial charge < -0.3 is 10.4 Å². The van der Waals surface area contributed by atoms with E-state index in [1.807, 2.05) is 13.8 Å². The van der Waals surface area contributed by atoms with E-state index < -0.39 is 17.4 Å². The smallest absolute Gasteiger partial charge is 0.329 e. The lowest BCUT2D eigenvalue weighted by Gasteiger charge is -2.27. The molecule has 1 aromatic rings. The highest BCUT2D eigenvalue weighted by Gasteiger charge is 2.37. The zero-order chi connectivity index (χ0) is 14.6. The third-order valence-electron chi connectivity index (χ3n) is 3.22. The molecular formula is C12H20N4O3. The van der Waals surface area contributed by atoms with E-state index in [0.717, 1.165) is 0 Å². The molecular weight excluding hydrogens is 248 g/mol. The van der Waals surface area contributed by atoms with Crippen LogP contribution >= 0.6 is 0 Å². The molecule has 7 heteroatoms. The number of aromatic nitrogens is 3. The minimum Gasteiger partial charge on any atom is -0.480 e. The van der Waals surface area contributed by atoms with Crippen LogP contribution in [0.15, 0.2) is 0 Å². The molecule has 0 spiro atoms. The third kappa shape index (κ3) is 3.10. The van der Waals surface area contributed by atoms with Crippen LogP contribution in [0.2, 0.25) is 0 Å². The Bertz CT molecular complexity index is 463. The number of carbonyl (C=O) groups excluding carboxylic acids is 1. The number of H-pyrrole nitrogens is 1. The van der Waals surface area contributed by atoms with Crippen LogP contribution in [0.3, 0.4) is 0 Å². The van der Waals surface area contributed by atoms with Crippen molar-refractivity contribution >= 4 is 11.9 Å². The van der Waals surface area contributed by atoms with E-state index in [1.54, 1.807) is 13.8 Å². The summed E-state index contributed by atoms with van der Waals surface area (Å²) in [5.41, 5.74) is -1.27. The summed E-state index contributed by atoms with van der Waals surface area (Å²) in [6.45, 7) is 7.27. The number of nitrogens with one attached hydrogen (secondary N) is 2.